The molecule has 0 radical (unpaired) electrons. The van der Waals surface area contributed by atoms with Crippen molar-refractivity contribution < 1.29 is 19.8 Å². The number of ketones is 1. The Bertz CT molecular complexity index is 442. The van der Waals surface area contributed by atoms with Gasteiger partial charge in [-0.15, -0.1) is 0 Å². The van der Waals surface area contributed by atoms with E-state index < -0.39 is 12.1 Å². The summed E-state index contributed by atoms with van der Waals surface area (Å²) in [4.78, 5) is 22.3. The second-order valence-corrected chi connectivity index (χ2v) is 4.13. The van der Waals surface area contributed by atoms with Crippen molar-refractivity contribution in [1.29, 1.82) is 0 Å². The summed E-state index contributed by atoms with van der Waals surface area (Å²) in [7, 11) is 0. The molecule has 4 nitrogen and oxygen atoms in total. The van der Waals surface area contributed by atoms with Gasteiger partial charge in [-0.25, -0.2) is 4.79 Å². The maximum atomic E-state index is 11.6. The van der Waals surface area contributed by atoms with E-state index in [1.54, 1.807) is 13.0 Å². The molecule has 1 unspecified atom stereocenters. The minimum Gasteiger partial charge on any atom is -0.479 e. The minimum absolute atomic E-state index is 0.00388. The molecule has 5 heteroatoms. The van der Waals surface area contributed by atoms with Gasteiger partial charge in [0.05, 0.1) is 0 Å². The highest BCUT2D eigenvalue weighted by atomic mass is 79.9. The summed E-state index contributed by atoms with van der Waals surface area (Å²) in [5.74, 6) is -1.31. The fourth-order valence-corrected chi connectivity index (χ4v) is 1.96. The van der Waals surface area contributed by atoms with Crippen molar-refractivity contribution in [2.75, 3.05) is 0 Å². The standard InChI is InChI=1S/C12H13BrO4/c1-2-10(14)9-4-3-7(5-8(9)6-13)11(15)12(16)17/h3-5,11,15H,2,6H2,1H3,(H,16,17). The summed E-state index contributed by atoms with van der Waals surface area (Å²) in [6.07, 6.45) is -1.17. The number of halogens is 1. The van der Waals surface area contributed by atoms with Crippen molar-refractivity contribution >= 4 is 27.7 Å². The number of rotatable bonds is 5. The molecular weight excluding hydrogens is 288 g/mol. The van der Waals surface area contributed by atoms with Gasteiger partial charge in [-0.05, 0) is 11.1 Å². The lowest BCUT2D eigenvalue weighted by Crippen LogP contribution is -2.11. The maximum Gasteiger partial charge on any atom is 0.337 e. The first-order valence-electron chi connectivity index (χ1n) is 5.14. The zero-order valence-electron chi connectivity index (χ0n) is 9.31. The quantitative estimate of drug-likeness (QED) is 0.646. The number of carbonyl (C=O) groups excluding carboxylic acids is 1. The van der Waals surface area contributed by atoms with Crippen LogP contribution in [0.3, 0.4) is 0 Å². The average Bonchev–Trinajstić information content (AvgIpc) is 2.35. The first kappa shape index (κ1) is 13.9. The van der Waals surface area contributed by atoms with Gasteiger partial charge in [0.1, 0.15) is 0 Å². The molecule has 1 aromatic carbocycles. The molecule has 0 saturated carbocycles. The largest absolute Gasteiger partial charge is 0.479 e. The van der Waals surface area contributed by atoms with Crippen LogP contribution < -0.4 is 0 Å². The van der Waals surface area contributed by atoms with Crippen molar-refractivity contribution in [2.45, 2.75) is 24.8 Å². The molecule has 1 rings (SSSR count). The van der Waals surface area contributed by atoms with Crippen molar-refractivity contribution in [3.05, 3.63) is 34.9 Å². The van der Waals surface area contributed by atoms with Gasteiger partial charge in [-0.3, -0.25) is 4.79 Å². The lowest BCUT2D eigenvalue weighted by atomic mass is 9.98. The Hall–Kier alpha value is -1.20. The van der Waals surface area contributed by atoms with Crippen LogP contribution in [0.25, 0.3) is 0 Å². The fourth-order valence-electron chi connectivity index (χ4n) is 1.50. The molecule has 17 heavy (non-hydrogen) atoms. The van der Waals surface area contributed by atoms with Gasteiger partial charge in [0.2, 0.25) is 0 Å². The molecule has 0 aliphatic heterocycles. The zero-order valence-corrected chi connectivity index (χ0v) is 10.9. The monoisotopic (exact) mass is 300 g/mol. The summed E-state index contributed by atoms with van der Waals surface area (Å²) in [5, 5.41) is 18.5. The number of hydrogen-bond acceptors (Lipinski definition) is 3. The fraction of sp³-hybridized carbons (Fsp3) is 0.333. The molecule has 0 spiro atoms. The van der Waals surface area contributed by atoms with Crippen LogP contribution in [-0.2, 0) is 10.1 Å². The van der Waals surface area contributed by atoms with Crippen molar-refractivity contribution in [3.63, 3.8) is 0 Å². The van der Waals surface area contributed by atoms with E-state index in [2.05, 4.69) is 15.9 Å². The van der Waals surface area contributed by atoms with Gasteiger partial charge < -0.3 is 10.2 Å². The second-order valence-electron chi connectivity index (χ2n) is 3.57. The van der Waals surface area contributed by atoms with Crippen LogP contribution in [-0.4, -0.2) is 22.0 Å². The number of carbonyl (C=O) groups is 2. The Kier molecular flexibility index (Phi) is 4.84. The molecular formula is C12H13BrO4. The van der Waals surface area contributed by atoms with Crippen LogP contribution in [0, 0.1) is 0 Å². The number of Topliss-reactive ketones (excluding diaryl/α,β-unsaturated/α-hetero) is 1. The summed E-state index contributed by atoms with van der Waals surface area (Å²) >= 11 is 3.24. The molecule has 2 N–H and O–H groups in total. The van der Waals surface area contributed by atoms with E-state index in [1.165, 1.54) is 12.1 Å². The van der Waals surface area contributed by atoms with E-state index in [0.717, 1.165) is 0 Å². The van der Waals surface area contributed by atoms with E-state index in [0.29, 0.717) is 22.9 Å². The lowest BCUT2D eigenvalue weighted by Gasteiger charge is -2.10. The van der Waals surface area contributed by atoms with Crippen LogP contribution in [0.1, 0.15) is 40.9 Å². The third-order valence-corrected chi connectivity index (χ3v) is 3.05. The Morgan fingerprint density at radius 3 is 2.53 bits per heavy atom. The molecule has 0 saturated heterocycles. The van der Waals surface area contributed by atoms with E-state index in [1.807, 2.05) is 0 Å². The number of hydrogen-bond donors (Lipinski definition) is 2. The van der Waals surface area contributed by atoms with Crippen molar-refractivity contribution in [2.24, 2.45) is 0 Å². The Balaban J connectivity index is 3.17. The zero-order chi connectivity index (χ0) is 13.0. The summed E-state index contributed by atoms with van der Waals surface area (Å²) in [6.45, 7) is 1.76. The predicted molar refractivity (Wildman–Crippen MR) is 66.3 cm³/mol. The van der Waals surface area contributed by atoms with Crippen molar-refractivity contribution in [3.8, 4) is 0 Å². The Morgan fingerprint density at radius 1 is 1.41 bits per heavy atom. The van der Waals surface area contributed by atoms with Gasteiger partial charge in [0.15, 0.2) is 11.9 Å². The molecule has 0 aliphatic carbocycles. The molecule has 0 aromatic heterocycles. The van der Waals surface area contributed by atoms with Gasteiger partial charge in [0, 0.05) is 17.3 Å². The normalized spacial score (nSPS) is 12.2. The van der Waals surface area contributed by atoms with Gasteiger partial charge in [0.25, 0.3) is 0 Å². The van der Waals surface area contributed by atoms with Crippen molar-refractivity contribution in [1.82, 2.24) is 0 Å². The molecule has 0 aliphatic rings. The van der Waals surface area contributed by atoms with Crippen LogP contribution in [0.5, 0.6) is 0 Å². The highest BCUT2D eigenvalue weighted by Crippen LogP contribution is 2.21. The lowest BCUT2D eigenvalue weighted by molar-refractivity contribution is -0.146. The minimum atomic E-state index is -1.56. The van der Waals surface area contributed by atoms with E-state index in [4.69, 9.17) is 5.11 Å². The molecule has 0 amide bonds. The molecule has 92 valence electrons. The summed E-state index contributed by atoms with van der Waals surface area (Å²) in [5.41, 5.74) is 1.53. The number of alkyl halides is 1. The van der Waals surface area contributed by atoms with Crippen LogP contribution in [0.2, 0.25) is 0 Å². The maximum absolute atomic E-state index is 11.6. The Labute approximate surface area is 107 Å². The topological polar surface area (TPSA) is 74.6 Å². The third-order valence-electron chi connectivity index (χ3n) is 2.44. The molecule has 1 aromatic rings. The smallest absolute Gasteiger partial charge is 0.337 e. The number of benzene rings is 1. The molecule has 0 fully saturated rings. The van der Waals surface area contributed by atoms with Crippen LogP contribution >= 0.6 is 15.9 Å². The van der Waals surface area contributed by atoms with Crippen LogP contribution in [0.15, 0.2) is 18.2 Å². The average molecular weight is 301 g/mol. The summed E-state index contributed by atoms with van der Waals surface area (Å²) < 4.78 is 0. The van der Waals surface area contributed by atoms with Crippen LogP contribution in [0.4, 0.5) is 0 Å². The molecule has 0 bridgehead atoms. The number of aliphatic hydroxyl groups excluding tert-OH is 1. The predicted octanol–water partition coefficient (Wildman–Crippen LogP) is 2.29. The Morgan fingerprint density at radius 2 is 2.06 bits per heavy atom. The highest BCUT2D eigenvalue weighted by molar-refractivity contribution is 9.08. The van der Waals surface area contributed by atoms with E-state index in [-0.39, 0.29) is 11.3 Å². The number of aliphatic hydroxyl groups is 1. The second kappa shape index (κ2) is 5.93. The van der Waals surface area contributed by atoms with E-state index in [9.17, 15) is 14.7 Å². The first-order valence-corrected chi connectivity index (χ1v) is 6.26. The van der Waals surface area contributed by atoms with Gasteiger partial charge >= 0.3 is 5.97 Å². The SMILES string of the molecule is CCC(=O)c1ccc(C(O)C(=O)O)cc1CBr. The third kappa shape index (κ3) is 3.14. The molecule has 0 heterocycles. The number of carboxylic acid groups (broad SMARTS) is 1. The van der Waals surface area contributed by atoms with E-state index >= 15 is 0 Å². The van der Waals surface area contributed by atoms with Gasteiger partial charge in [-0.1, -0.05) is 41.1 Å². The summed E-state index contributed by atoms with van der Waals surface area (Å²) in [6, 6.07) is 4.56. The first-order chi connectivity index (χ1) is 8.01. The van der Waals surface area contributed by atoms with Gasteiger partial charge in [-0.2, -0.15) is 0 Å². The molecule has 1 atom stereocenters. The number of aliphatic carboxylic acids is 1. The number of carboxylic acids is 1. The highest BCUT2D eigenvalue weighted by Gasteiger charge is 2.18.